The lowest BCUT2D eigenvalue weighted by Crippen LogP contribution is -2.26. The van der Waals surface area contributed by atoms with Crippen LogP contribution in [-0.4, -0.2) is 39.1 Å². The Morgan fingerprint density at radius 2 is 1.23 bits per heavy atom. The van der Waals surface area contributed by atoms with Gasteiger partial charge in [-0.15, -0.1) is 0 Å². The third kappa shape index (κ3) is 5.29. The number of ether oxygens (including phenoxy) is 2. The maximum Gasteiger partial charge on any atom is 0.324 e. The van der Waals surface area contributed by atoms with Gasteiger partial charge in [-0.1, -0.05) is 50.7 Å². The van der Waals surface area contributed by atoms with Crippen molar-refractivity contribution in [2.45, 2.75) is 86.9 Å². The second kappa shape index (κ2) is 10.1. The number of benzene rings is 1. The largest absolute Gasteiger partial charge is 0.468 e. The Balaban J connectivity index is 2.26. The lowest BCUT2D eigenvalue weighted by molar-refractivity contribution is -0.154. The minimum absolute atomic E-state index is 0.0245. The summed E-state index contributed by atoms with van der Waals surface area (Å²) in [4.78, 5) is 24.9. The monoisotopic (exact) mass is 452 g/mol. The molecule has 0 saturated heterocycles. The first-order valence-electron chi connectivity index (χ1n) is 11.1. The van der Waals surface area contributed by atoms with Crippen molar-refractivity contribution in [3.8, 4) is 0 Å². The van der Waals surface area contributed by atoms with Crippen molar-refractivity contribution in [3.05, 3.63) is 28.8 Å². The molecule has 0 bridgehead atoms. The molecular weight excluding hydrogens is 420 g/mol. The van der Waals surface area contributed by atoms with Gasteiger partial charge in [0.2, 0.25) is 0 Å². The first-order chi connectivity index (χ1) is 14.8. The predicted octanol–water partition coefficient (Wildman–Crippen LogP) is 4.46. The lowest BCUT2D eigenvalue weighted by Gasteiger charge is -2.30. The summed E-state index contributed by atoms with van der Waals surface area (Å²) >= 11 is 0. The summed E-state index contributed by atoms with van der Waals surface area (Å²) in [6.07, 6.45) is 9.25. The number of methoxy groups -OCH3 is 2. The Morgan fingerprint density at radius 3 is 1.55 bits per heavy atom. The fourth-order valence-electron chi connectivity index (χ4n) is 5.20. The molecule has 0 amide bonds. The first kappa shape index (κ1) is 23.7. The van der Waals surface area contributed by atoms with Crippen LogP contribution in [0.4, 0.5) is 0 Å². The van der Waals surface area contributed by atoms with Gasteiger partial charge in [0, 0.05) is 0 Å². The van der Waals surface area contributed by atoms with Crippen LogP contribution in [0.2, 0.25) is 0 Å². The molecule has 0 aromatic heterocycles. The van der Waals surface area contributed by atoms with E-state index in [1.54, 1.807) is 12.1 Å². The van der Waals surface area contributed by atoms with Gasteiger partial charge < -0.3 is 9.47 Å². The van der Waals surface area contributed by atoms with Crippen LogP contribution in [0, 0.1) is 0 Å². The minimum Gasteiger partial charge on any atom is -0.468 e. The van der Waals surface area contributed by atoms with E-state index in [1.807, 2.05) is 0 Å². The predicted molar refractivity (Wildman–Crippen MR) is 115 cm³/mol. The van der Waals surface area contributed by atoms with Crippen LogP contribution in [0.15, 0.2) is 17.0 Å². The number of hydrogen-bond acceptors (Lipinski definition) is 6. The molecule has 0 radical (unpaired) electrons. The van der Waals surface area contributed by atoms with E-state index in [4.69, 9.17) is 9.47 Å². The number of carbonyl (C=O) groups is 2. The second-order valence-electron chi connectivity index (χ2n) is 8.65. The standard InChI is InChI=1S/C23H32O7S/c1-29-22(24)20(23(25)30-2)17-13-18(15-9-5-3-6-10-15)21(31(26,27)28)19(14-17)16-11-7-4-8-12-16/h13-16,20H,3-12H2,1-2H3,(H,26,27,28). The van der Waals surface area contributed by atoms with Gasteiger partial charge in [-0.3, -0.25) is 14.1 Å². The average molecular weight is 453 g/mol. The van der Waals surface area contributed by atoms with Crippen LogP contribution < -0.4 is 0 Å². The summed E-state index contributed by atoms with van der Waals surface area (Å²) in [7, 11) is -2.08. The van der Waals surface area contributed by atoms with Crippen LogP contribution in [0.3, 0.4) is 0 Å². The number of hydrogen-bond donors (Lipinski definition) is 1. The Morgan fingerprint density at radius 1 is 0.839 bits per heavy atom. The summed E-state index contributed by atoms with van der Waals surface area (Å²) in [5, 5.41) is 0. The zero-order chi connectivity index (χ0) is 22.6. The molecule has 2 aliphatic rings. The van der Waals surface area contributed by atoms with E-state index in [0.717, 1.165) is 64.2 Å². The molecule has 0 spiro atoms. The second-order valence-corrected chi connectivity index (χ2v) is 10.0. The SMILES string of the molecule is COC(=O)C(C(=O)OC)c1cc(C2CCCCC2)c(S(=O)(=O)O)c(C2CCCCC2)c1. The maximum absolute atomic E-state index is 12.6. The summed E-state index contributed by atoms with van der Waals surface area (Å²) < 4.78 is 45.1. The molecular formula is C23H32O7S. The highest BCUT2D eigenvalue weighted by atomic mass is 32.2. The smallest absolute Gasteiger partial charge is 0.324 e. The van der Waals surface area contributed by atoms with Crippen molar-refractivity contribution < 1.29 is 32.0 Å². The molecule has 1 aromatic carbocycles. The normalized spacial score (nSPS) is 18.7. The molecule has 3 rings (SSSR count). The molecule has 1 N–H and O–H groups in total. The van der Waals surface area contributed by atoms with Gasteiger partial charge in [0.1, 0.15) is 4.90 Å². The fraction of sp³-hybridized carbons (Fsp3) is 0.652. The quantitative estimate of drug-likeness (QED) is 0.386. The Kier molecular flexibility index (Phi) is 7.75. The van der Waals surface area contributed by atoms with Crippen LogP contribution in [-0.2, 0) is 29.2 Å². The third-order valence-corrected chi connectivity index (χ3v) is 7.71. The Labute approximate surface area is 184 Å². The summed E-state index contributed by atoms with van der Waals surface area (Å²) in [6, 6.07) is 3.20. The molecule has 0 atom stereocenters. The van der Waals surface area contributed by atoms with Crippen LogP contribution >= 0.6 is 0 Å². The molecule has 0 heterocycles. The topological polar surface area (TPSA) is 107 Å². The first-order valence-corrected chi connectivity index (χ1v) is 12.5. The van der Waals surface area contributed by atoms with Gasteiger partial charge in [0.15, 0.2) is 5.92 Å². The lowest BCUT2D eigenvalue weighted by atomic mass is 9.78. The minimum atomic E-state index is -4.49. The molecule has 172 valence electrons. The maximum atomic E-state index is 12.6. The van der Waals surface area contributed by atoms with Crippen molar-refractivity contribution in [1.29, 1.82) is 0 Å². The Hall–Kier alpha value is -1.93. The van der Waals surface area contributed by atoms with Crippen molar-refractivity contribution in [3.63, 3.8) is 0 Å². The van der Waals surface area contributed by atoms with Crippen molar-refractivity contribution in [1.82, 2.24) is 0 Å². The zero-order valence-corrected chi connectivity index (χ0v) is 19.1. The highest BCUT2D eigenvalue weighted by Crippen LogP contribution is 2.44. The molecule has 2 saturated carbocycles. The van der Waals surface area contributed by atoms with Gasteiger partial charge >= 0.3 is 11.9 Å². The van der Waals surface area contributed by atoms with Crippen molar-refractivity contribution >= 4 is 22.1 Å². The van der Waals surface area contributed by atoms with E-state index < -0.39 is 28.0 Å². The molecule has 1 aromatic rings. The molecule has 2 aliphatic carbocycles. The van der Waals surface area contributed by atoms with Gasteiger partial charge in [-0.2, -0.15) is 8.42 Å². The van der Waals surface area contributed by atoms with E-state index in [2.05, 4.69) is 0 Å². The summed E-state index contributed by atoms with van der Waals surface area (Å²) in [6.45, 7) is 0. The van der Waals surface area contributed by atoms with E-state index >= 15 is 0 Å². The number of carbonyl (C=O) groups excluding carboxylic acids is 2. The zero-order valence-electron chi connectivity index (χ0n) is 18.3. The third-order valence-electron chi connectivity index (χ3n) is 6.72. The molecule has 7 nitrogen and oxygen atoms in total. The van der Waals surface area contributed by atoms with Gasteiger partial charge in [0.05, 0.1) is 14.2 Å². The van der Waals surface area contributed by atoms with E-state index in [9.17, 15) is 22.6 Å². The molecule has 0 unspecified atom stereocenters. The molecule has 31 heavy (non-hydrogen) atoms. The molecule has 8 heteroatoms. The fourth-order valence-corrected chi connectivity index (χ4v) is 6.25. The van der Waals surface area contributed by atoms with Gasteiger partial charge in [-0.25, -0.2) is 0 Å². The summed E-state index contributed by atoms with van der Waals surface area (Å²) in [5.74, 6) is -2.91. The van der Waals surface area contributed by atoms with Crippen molar-refractivity contribution in [2.24, 2.45) is 0 Å². The number of esters is 2. The van der Waals surface area contributed by atoms with Crippen LogP contribution in [0.1, 0.15) is 98.7 Å². The van der Waals surface area contributed by atoms with Crippen molar-refractivity contribution in [2.75, 3.05) is 14.2 Å². The van der Waals surface area contributed by atoms with Gasteiger partial charge in [-0.05, 0) is 54.2 Å². The van der Waals surface area contributed by atoms with Crippen LogP contribution in [0.5, 0.6) is 0 Å². The van der Waals surface area contributed by atoms with Crippen LogP contribution in [0.25, 0.3) is 0 Å². The molecule has 0 aliphatic heterocycles. The Bertz CT molecular complexity index is 855. The van der Waals surface area contributed by atoms with E-state index in [0.29, 0.717) is 16.7 Å². The highest BCUT2D eigenvalue weighted by Gasteiger charge is 2.36. The number of rotatable bonds is 6. The molecule has 2 fully saturated rings. The average Bonchev–Trinajstić information content (AvgIpc) is 2.78. The van der Waals surface area contributed by atoms with E-state index in [1.165, 1.54) is 14.2 Å². The highest BCUT2D eigenvalue weighted by molar-refractivity contribution is 7.86. The van der Waals surface area contributed by atoms with E-state index in [-0.39, 0.29) is 16.7 Å². The van der Waals surface area contributed by atoms with Gasteiger partial charge in [0.25, 0.3) is 10.1 Å². The summed E-state index contributed by atoms with van der Waals surface area (Å²) in [5.41, 5.74) is 1.39.